The summed E-state index contributed by atoms with van der Waals surface area (Å²) >= 11 is 0. The maximum atomic E-state index is 11.8. The second kappa shape index (κ2) is 6.26. The SMILES string of the molecule is CC(C)(C)C(=O)ON1CCN(c2ccc(C=O)cc2)CC1. The molecule has 0 atom stereocenters. The van der Waals surface area contributed by atoms with Crippen molar-refractivity contribution in [2.75, 3.05) is 31.1 Å². The number of anilines is 1. The van der Waals surface area contributed by atoms with Crippen LogP contribution in [-0.2, 0) is 9.63 Å². The van der Waals surface area contributed by atoms with Crippen LogP contribution in [0, 0.1) is 5.41 Å². The number of hydrogen-bond donors (Lipinski definition) is 0. The molecule has 0 saturated carbocycles. The molecule has 0 unspecified atom stereocenters. The van der Waals surface area contributed by atoms with Gasteiger partial charge in [-0.3, -0.25) is 4.79 Å². The van der Waals surface area contributed by atoms with Crippen LogP contribution >= 0.6 is 0 Å². The summed E-state index contributed by atoms with van der Waals surface area (Å²) in [4.78, 5) is 30.1. The first-order valence-corrected chi connectivity index (χ1v) is 7.18. The Kier molecular flexibility index (Phi) is 4.63. The van der Waals surface area contributed by atoms with Crippen LogP contribution in [-0.4, -0.2) is 43.5 Å². The Bertz CT molecular complexity index is 497. The van der Waals surface area contributed by atoms with Crippen molar-refractivity contribution in [2.24, 2.45) is 5.41 Å². The zero-order chi connectivity index (χ0) is 15.5. The topological polar surface area (TPSA) is 49.9 Å². The summed E-state index contributed by atoms with van der Waals surface area (Å²) in [6.45, 7) is 8.48. The lowest BCUT2D eigenvalue weighted by atomic mass is 9.98. The number of benzene rings is 1. The smallest absolute Gasteiger partial charge is 0.330 e. The minimum atomic E-state index is -0.484. The number of carbonyl (C=O) groups excluding carboxylic acids is 2. The van der Waals surface area contributed by atoms with Crippen LogP contribution in [0.25, 0.3) is 0 Å². The molecule has 0 amide bonds. The van der Waals surface area contributed by atoms with Gasteiger partial charge in [0.25, 0.3) is 0 Å². The van der Waals surface area contributed by atoms with Gasteiger partial charge < -0.3 is 9.74 Å². The molecule has 0 spiro atoms. The van der Waals surface area contributed by atoms with Crippen LogP contribution < -0.4 is 4.90 Å². The lowest BCUT2D eigenvalue weighted by Gasteiger charge is -2.35. The highest BCUT2D eigenvalue weighted by Gasteiger charge is 2.27. The maximum absolute atomic E-state index is 11.8. The van der Waals surface area contributed by atoms with Gasteiger partial charge in [0.05, 0.1) is 18.5 Å². The Labute approximate surface area is 125 Å². The summed E-state index contributed by atoms with van der Waals surface area (Å²) in [7, 11) is 0. The molecule has 1 heterocycles. The van der Waals surface area contributed by atoms with Crippen LogP contribution in [0.15, 0.2) is 24.3 Å². The Hall–Kier alpha value is -1.88. The molecule has 1 aromatic rings. The summed E-state index contributed by atoms with van der Waals surface area (Å²) < 4.78 is 0. The molecule has 0 N–H and O–H groups in total. The molecule has 1 aliphatic heterocycles. The predicted octanol–water partition coefficient (Wildman–Crippen LogP) is 2.13. The molecule has 0 aromatic heterocycles. The minimum absolute atomic E-state index is 0.203. The molecule has 1 aliphatic rings. The second-order valence-electron chi connectivity index (χ2n) is 6.25. The molecule has 5 nitrogen and oxygen atoms in total. The van der Waals surface area contributed by atoms with E-state index in [1.54, 1.807) is 5.06 Å². The van der Waals surface area contributed by atoms with Gasteiger partial charge in [0.15, 0.2) is 0 Å². The molecule has 1 aromatic carbocycles. The molecule has 0 bridgehead atoms. The van der Waals surface area contributed by atoms with E-state index < -0.39 is 5.41 Å². The fourth-order valence-electron chi connectivity index (χ4n) is 2.06. The van der Waals surface area contributed by atoms with E-state index >= 15 is 0 Å². The van der Waals surface area contributed by atoms with Crippen LogP contribution in [0.4, 0.5) is 5.69 Å². The third-order valence-corrected chi connectivity index (χ3v) is 3.46. The van der Waals surface area contributed by atoms with Crippen molar-refractivity contribution in [3.8, 4) is 0 Å². The van der Waals surface area contributed by atoms with Crippen LogP contribution in [0.2, 0.25) is 0 Å². The van der Waals surface area contributed by atoms with Crippen molar-refractivity contribution in [3.05, 3.63) is 29.8 Å². The number of aldehydes is 1. The highest BCUT2D eigenvalue weighted by atomic mass is 16.7. The molecule has 0 aliphatic carbocycles. The van der Waals surface area contributed by atoms with Crippen molar-refractivity contribution in [2.45, 2.75) is 20.8 Å². The van der Waals surface area contributed by atoms with Crippen LogP contribution in [0.1, 0.15) is 31.1 Å². The van der Waals surface area contributed by atoms with Gasteiger partial charge in [-0.05, 0) is 45.0 Å². The van der Waals surface area contributed by atoms with Crippen molar-refractivity contribution in [3.63, 3.8) is 0 Å². The van der Waals surface area contributed by atoms with E-state index in [1.165, 1.54) is 0 Å². The first kappa shape index (κ1) is 15.5. The van der Waals surface area contributed by atoms with E-state index in [-0.39, 0.29) is 5.97 Å². The van der Waals surface area contributed by atoms with Gasteiger partial charge in [0, 0.05) is 24.3 Å². The minimum Gasteiger partial charge on any atom is -0.369 e. The van der Waals surface area contributed by atoms with Crippen LogP contribution in [0.5, 0.6) is 0 Å². The fraction of sp³-hybridized carbons (Fsp3) is 0.500. The highest BCUT2D eigenvalue weighted by molar-refractivity contribution is 5.76. The average Bonchev–Trinajstić information content (AvgIpc) is 2.47. The molecule has 2 rings (SSSR count). The number of hydroxylamine groups is 2. The van der Waals surface area contributed by atoms with Crippen molar-refractivity contribution in [1.29, 1.82) is 0 Å². The molecule has 1 fully saturated rings. The van der Waals surface area contributed by atoms with E-state index in [1.807, 2.05) is 45.0 Å². The fourth-order valence-corrected chi connectivity index (χ4v) is 2.06. The molecular weight excluding hydrogens is 268 g/mol. The number of rotatable bonds is 3. The second-order valence-corrected chi connectivity index (χ2v) is 6.25. The third kappa shape index (κ3) is 4.04. The van der Waals surface area contributed by atoms with E-state index in [0.29, 0.717) is 18.7 Å². The van der Waals surface area contributed by atoms with Gasteiger partial charge in [0.1, 0.15) is 6.29 Å². The molecule has 5 heteroatoms. The van der Waals surface area contributed by atoms with E-state index in [9.17, 15) is 9.59 Å². The monoisotopic (exact) mass is 290 g/mol. The molecule has 21 heavy (non-hydrogen) atoms. The zero-order valence-electron chi connectivity index (χ0n) is 12.8. The molecule has 114 valence electrons. The first-order valence-electron chi connectivity index (χ1n) is 7.18. The van der Waals surface area contributed by atoms with Gasteiger partial charge in [-0.15, -0.1) is 5.06 Å². The van der Waals surface area contributed by atoms with Crippen molar-refractivity contribution < 1.29 is 14.4 Å². The summed E-state index contributed by atoms with van der Waals surface area (Å²) in [6.07, 6.45) is 0.841. The highest BCUT2D eigenvalue weighted by Crippen LogP contribution is 2.19. The van der Waals surface area contributed by atoms with Gasteiger partial charge in [-0.25, -0.2) is 4.79 Å². The standard InChI is InChI=1S/C16H22N2O3/c1-16(2,3)15(20)21-18-10-8-17(9-11-18)14-6-4-13(12-19)5-7-14/h4-7,12H,8-11H2,1-3H3. The van der Waals surface area contributed by atoms with Gasteiger partial charge in [0.2, 0.25) is 0 Å². The van der Waals surface area contributed by atoms with Gasteiger partial charge in [-0.2, -0.15) is 0 Å². The Morgan fingerprint density at radius 2 is 1.67 bits per heavy atom. The Morgan fingerprint density at radius 1 is 1.10 bits per heavy atom. The summed E-state index contributed by atoms with van der Waals surface area (Å²) in [5.41, 5.74) is 1.28. The normalized spacial score (nSPS) is 16.6. The van der Waals surface area contributed by atoms with Gasteiger partial charge in [-0.1, -0.05) is 0 Å². The summed E-state index contributed by atoms with van der Waals surface area (Å²) in [5.74, 6) is -0.203. The van der Waals surface area contributed by atoms with Crippen molar-refractivity contribution in [1.82, 2.24) is 5.06 Å². The number of carbonyl (C=O) groups is 2. The van der Waals surface area contributed by atoms with Crippen LogP contribution in [0.3, 0.4) is 0 Å². The van der Waals surface area contributed by atoms with Crippen molar-refractivity contribution >= 4 is 17.9 Å². The Morgan fingerprint density at radius 3 is 2.14 bits per heavy atom. The summed E-state index contributed by atoms with van der Waals surface area (Å²) in [6, 6.07) is 7.52. The lowest BCUT2D eigenvalue weighted by Crippen LogP contribution is -2.48. The number of nitrogens with zero attached hydrogens (tertiary/aromatic N) is 2. The molecule has 1 saturated heterocycles. The van der Waals surface area contributed by atoms with E-state index in [4.69, 9.17) is 4.84 Å². The third-order valence-electron chi connectivity index (χ3n) is 3.46. The largest absolute Gasteiger partial charge is 0.369 e. The average molecular weight is 290 g/mol. The molecule has 0 radical (unpaired) electrons. The van der Waals surface area contributed by atoms with E-state index in [0.717, 1.165) is 25.1 Å². The lowest BCUT2D eigenvalue weighted by molar-refractivity contribution is -0.201. The number of piperazine rings is 1. The quantitative estimate of drug-likeness (QED) is 0.798. The van der Waals surface area contributed by atoms with E-state index in [2.05, 4.69) is 4.90 Å². The first-order chi connectivity index (χ1) is 9.90. The molecular formula is C16H22N2O3. The van der Waals surface area contributed by atoms with Gasteiger partial charge >= 0.3 is 5.97 Å². The summed E-state index contributed by atoms with van der Waals surface area (Å²) in [5, 5.41) is 1.73. The Balaban J connectivity index is 1.88. The number of hydrogen-bond acceptors (Lipinski definition) is 5. The predicted molar refractivity (Wildman–Crippen MR) is 81.2 cm³/mol. The maximum Gasteiger partial charge on any atom is 0.330 e. The zero-order valence-corrected chi connectivity index (χ0v) is 12.8.